The Morgan fingerprint density at radius 2 is 1.96 bits per heavy atom. The molecule has 23 heavy (non-hydrogen) atoms. The zero-order valence-corrected chi connectivity index (χ0v) is 14.5. The molecule has 6 nitrogen and oxygen atoms in total. The lowest BCUT2D eigenvalue weighted by Crippen LogP contribution is -2.40. The molecular weight excluding hydrogens is 294 g/mol. The van der Waals surface area contributed by atoms with Gasteiger partial charge in [0.05, 0.1) is 19.7 Å². The summed E-state index contributed by atoms with van der Waals surface area (Å²) in [6, 6.07) is 0. The first-order valence-corrected chi connectivity index (χ1v) is 8.14. The van der Waals surface area contributed by atoms with Crippen molar-refractivity contribution in [3.63, 3.8) is 0 Å². The van der Waals surface area contributed by atoms with Gasteiger partial charge in [-0.15, -0.1) is 0 Å². The Bertz CT molecular complexity index is 557. The van der Waals surface area contributed by atoms with Gasteiger partial charge in [0.15, 0.2) is 0 Å². The molecule has 128 valence electrons. The van der Waals surface area contributed by atoms with Crippen molar-refractivity contribution in [2.24, 2.45) is 12.5 Å². The largest absolute Gasteiger partial charge is 0.469 e. The van der Waals surface area contributed by atoms with Crippen LogP contribution in [0.2, 0.25) is 0 Å². The van der Waals surface area contributed by atoms with Crippen molar-refractivity contribution in [3.8, 4) is 0 Å². The zero-order valence-electron chi connectivity index (χ0n) is 14.5. The summed E-state index contributed by atoms with van der Waals surface area (Å²) < 4.78 is 6.53. The molecule has 0 N–H and O–H groups in total. The molecule has 0 aromatic carbocycles. The number of carbonyl (C=O) groups excluding carboxylic acids is 2. The smallest absolute Gasteiger partial charge is 0.306 e. The zero-order chi connectivity index (χ0) is 17.0. The molecule has 0 atom stereocenters. The first kappa shape index (κ1) is 17.5. The van der Waals surface area contributed by atoms with E-state index < -0.39 is 0 Å². The number of piperidine rings is 1. The fourth-order valence-electron chi connectivity index (χ4n) is 3.16. The van der Waals surface area contributed by atoms with Gasteiger partial charge in [0.1, 0.15) is 0 Å². The molecule has 2 rings (SSSR count). The van der Waals surface area contributed by atoms with Crippen LogP contribution < -0.4 is 0 Å². The molecule has 0 bridgehead atoms. The van der Waals surface area contributed by atoms with Gasteiger partial charge in [0, 0.05) is 32.8 Å². The summed E-state index contributed by atoms with van der Waals surface area (Å²) >= 11 is 0. The van der Waals surface area contributed by atoms with E-state index in [1.54, 1.807) is 0 Å². The van der Waals surface area contributed by atoms with E-state index in [1.165, 1.54) is 12.7 Å². The molecule has 1 fully saturated rings. The number of ether oxygens (including phenoxy) is 1. The number of aromatic nitrogens is 2. The third kappa shape index (κ3) is 4.81. The molecule has 0 radical (unpaired) electrons. The minimum Gasteiger partial charge on any atom is -0.469 e. The van der Waals surface area contributed by atoms with E-state index >= 15 is 0 Å². The Morgan fingerprint density at radius 1 is 1.30 bits per heavy atom. The summed E-state index contributed by atoms with van der Waals surface area (Å²) in [6.07, 6.45) is 6.55. The predicted octanol–water partition coefficient (Wildman–Crippen LogP) is 2.11. The molecule has 1 aliphatic rings. The average Bonchev–Trinajstić information content (AvgIpc) is 2.93. The van der Waals surface area contributed by atoms with Crippen LogP contribution in [-0.2, 0) is 21.4 Å². The highest BCUT2D eigenvalue weighted by Crippen LogP contribution is 2.30. The number of nitrogens with zero attached hydrogens (tertiary/aromatic N) is 3. The third-order valence-corrected chi connectivity index (χ3v) is 4.52. The highest BCUT2D eigenvalue weighted by molar-refractivity contribution is 5.78. The molecule has 1 aromatic rings. The van der Waals surface area contributed by atoms with Gasteiger partial charge in [-0.1, -0.05) is 13.8 Å². The van der Waals surface area contributed by atoms with Crippen LogP contribution in [0.5, 0.6) is 0 Å². The van der Waals surface area contributed by atoms with Gasteiger partial charge in [-0.3, -0.25) is 14.3 Å². The SMILES string of the molecule is COC(=O)CC(C)(C)CC(=O)N1CCC(c2cnn(C)c2)CC1. The van der Waals surface area contributed by atoms with Gasteiger partial charge in [0.2, 0.25) is 5.91 Å². The van der Waals surface area contributed by atoms with Crippen LogP contribution in [0, 0.1) is 5.41 Å². The van der Waals surface area contributed by atoms with Crippen molar-refractivity contribution in [1.29, 1.82) is 0 Å². The van der Waals surface area contributed by atoms with Gasteiger partial charge >= 0.3 is 5.97 Å². The van der Waals surface area contributed by atoms with Crippen LogP contribution in [0.15, 0.2) is 12.4 Å². The van der Waals surface area contributed by atoms with Crippen molar-refractivity contribution in [2.75, 3.05) is 20.2 Å². The number of hydrogen-bond donors (Lipinski definition) is 0. The molecule has 1 saturated heterocycles. The summed E-state index contributed by atoms with van der Waals surface area (Å²) in [4.78, 5) is 25.8. The summed E-state index contributed by atoms with van der Waals surface area (Å²) in [7, 11) is 3.30. The molecule has 1 aromatic heterocycles. The number of amides is 1. The number of esters is 1. The summed E-state index contributed by atoms with van der Waals surface area (Å²) in [5.74, 6) is 0.345. The molecule has 0 unspecified atom stereocenters. The fraction of sp³-hybridized carbons (Fsp3) is 0.706. The van der Waals surface area contributed by atoms with Crippen molar-refractivity contribution >= 4 is 11.9 Å². The van der Waals surface area contributed by atoms with E-state index in [2.05, 4.69) is 11.3 Å². The fourth-order valence-corrected chi connectivity index (χ4v) is 3.16. The molecule has 2 heterocycles. The van der Waals surface area contributed by atoms with Crippen LogP contribution in [0.1, 0.15) is 51.0 Å². The van der Waals surface area contributed by atoms with Crippen molar-refractivity contribution in [1.82, 2.24) is 14.7 Å². The average molecular weight is 321 g/mol. The third-order valence-electron chi connectivity index (χ3n) is 4.52. The lowest BCUT2D eigenvalue weighted by molar-refractivity contribution is -0.144. The van der Waals surface area contributed by atoms with Crippen LogP contribution in [0.25, 0.3) is 0 Å². The van der Waals surface area contributed by atoms with E-state index in [4.69, 9.17) is 4.74 Å². The molecule has 1 amide bonds. The predicted molar refractivity (Wildman–Crippen MR) is 86.8 cm³/mol. The highest BCUT2D eigenvalue weighted by atomic mass is 16.5. The quantitative estimate of drug-likeness (QED) is 0.779. The Morgan fingerprint density at radius 3 is 2.48 bits per heavy atom. The number of hydrogen-bond acceptors (Lipinski definition) is 4. The van der Waals surface area contributed by atoms with Crippen LogP contribution >= 0.6 is 0 Å². The van der Waals surface area contributed by atoms with Crippen LogP contribution in [0.4, 0.5) is 0 Å². The van der Waals surface area contributed by atoms with E-state index in [9.17, 15) is 9.59 Å². The number of methoxy groups -OCH3 is 1. The van der Waals surface area contributed by atoms with E-state index in [1.807, 2.05) is 36.7 Å². The van der Waals surface area contributed by atoms with Crippen LogP contribution in [0.3, 0.4) is 0 Å². The first-order chi connectivity index (χ1) is 10.8. The maximum absolute atomic E-state index is 12.5. The minimum atomic E-state index is -0.371. The monoisotopic (exact) mass is 321 g/mol. The molecule has 1 aliphatic heterocycles. The molecule has 6 heteroatoms. The Labute approximate surface area is 137 Å². The standard InChI is InChI=1S/C17H27N3O3/c1-17(2,10-16(22)23-4)9-15(21)20-7-5-13(6-8-20)14-11-18-19(3)12-14/h11-13H,5-10H2,1-4H3. The summed E-state index contributed by atoms with van der Waals surface area (Å²) in [5, 5.41) is 4.22. The topological polar surface area (TPSA) is 64.4 Å². The molecule has 0 spiro atoms. The Balaban J connectivity index is 1.84. The second-order valence-corrected chi connectivity index (χ2v) is 7.20. The van der Waals surface area contributed by atoms with Gasteiger partial charge in [-0.25, -0.2) is 0 Å². The number of aryl methyl sites for hydroxylation is 1. The number of rotatable bonds is 5. The van der Waals surface area contributed by atoms with Gasteiger partial charge in [0.25, 0.3) is 0 Å². The molecule has 0 saturated carbocycles. The second-order valence-electron chi connectivity index (χ2n) is 7.20. The number of carbonyl (C=O) groups is 2. The lowest BCUT2D eigenvalue weighted by atomic mass is 9.84. The Kier molecular flexibility index (Phi) is 5.44. The van der Waals surface area contributed by atoms with Gasteiger partial charge in [-0.05, 0) is 29.7 Å². The first-order valence-electron chi connectivity index (χ1n) is 8.14. The lowest BCUT2D eigenvalue weighted by Gasteiger charge is -2.34. The van der Waals surface area contributed by atoms with Gasteiger partial charge in [-0.2, -0.15) is 5.10 Å². The normalized spacial score (nSPS) is 16.4. The molecule has 0 aliphatic carbocycles. The van der Waals surface area contributed by atoms with Crippen molar-refractivity contribution in [2.45, 2.75) is 45.4 Å². The van der Waals surface area contributed by atoms with E-state index in [0.717, 1.165) is 25.9 Å². The van der Waals surface area contributed by atoms with Crippen molar-refractivity contribution in [3.05, 3.63) is 18.0 Å². The van der Waals surface area contributed by atoms with Crippen LogP contribution in [-0.4, -0.2) is 46.8 Å². The van der Waals surface area contributed by atoms with E-state index in [0.29, 0.717) is 12.3 Å². The van der Waals surface area contributed by atoms with E-state index in [-0.39, 0.29) is 23.7 Å². The molecular formula is C17H27N3O3. The summed E-state index contributed by atoms with van der Waals surface area (Å²) in [6.45, 7) is 5.41. The van der Waals surface area contributed by atoms with Gasteiger partial charge < -0.3 is 9.64 Å². The second kappa shape index (κ2) is 7.15. The highest BCUT2D eigenvalue weighted by Gasteiger charge is 2.30. The summed E-state index contributed by atoms with van der Waals surface area (Å²) in [5.41, 5.74) is 0.885. The van der Waals surface area contributed by atoms with Crippen molar-refractivity contribution < 1.29 is 14.3 Å². The minimum absolute atomic E-state index is 0.128. The maximum atomic E-state index is 12.5. The number of likely N-dealkylation sites (tertiary alicyclic amines) is 1. The maximum Gasteiger partial charge on any atom is 0.306 e. The Hall–Kier alpha value is -1.85.